The van der Waals surface area contributed by atoms with E-state index in [1.165, 1.54) is 5.69 Å². The molecular weight excluding hydrogens is 480 g/mol. The summed E-state index contributed by atoms with van der Waals surface area (Å²) < 4.78 is 7.46. The summed E-state index contributed by atoms with van der Waals surface area (Å²) in [7, 11) is 0. The summed E-state index contributed by atoms with van der Waals surface area (Å²) in [6.45, 7) is 5.01. The van der Waals surface area contributed by atoms with Crippen molar-refractivity contribution >= 4 is 28.9 Å². The fraction of sp³-hybridized carbons (Fsp3) is 0.286. The zero-order chi connectivity index (χ0) is 26.2. The smallest absolute Gasteiger partial charge is 0.236 e. The number of primary amides is 1. The number of anilines is 4. The summed E-state index contributed by atoms with van der Waals surface area (Å²) in [5.74, 6) is 0.168. The van der Waals surface area contributed by atoms with Crippen LogP contribution in [-0.4, -0.2) is 64.8 Å². The van der Waals surface area contributed by atoms with E-state index in [0.717, 1.165) is 61.9 Å². The van der Waals surface area contributed by atoms with Gasteiger partial charge in [0.2, 0.25) is 11.9 Å². The topological polar surface area (TPSA) is 114 Å². The van der Waals surface area contributed by atoms with Crippen molar-refractivity contribution in [2.75, 3.05) is 54.5 Å². The van der Waals surface area contributed by atoms with Crippen molar-refractivity contribution in [2.24, 2.45) is 5.73 Å². The minimum absolute atomic E-state index is 0.162. The highest BCUT2D eigenvalue weighted by Crippen LogP contribution is 2.24. The number of nitrogens with zero attached hydrogens (tertiary/aromatic N) is 6. The molecule has 3 N–H and O–H groups in total. The van der Waals surface area contributed by atoms with Crippen molar-refractivity contribution in [2.45, 2.75) is 13.0 Å². The summed E-state index contributed by atoms with van der Waals surface area (Å²) in [5.41, 5.74) is 10.3. The van der Waals surface area contributed by atoms with E-state index < -0.39 is 0 Å². The van der Waals surface area contributed by atoms with Gasteiger partial charge in [0.05, 0.1) is 31.8 Å². The lowest BCUT2D eigenvalue weighted by Gasteiger charge is -2.28. The highest BCUT2D eigenvalue weighted by atomic mass is 16.5. The molecule has 1 fully saturated rings. The first-order valence-electron chi connectivity index (χ1n) is 12.8. The highest BCUT2D eigenvalue weighted by molar-refractivity contribution is 5.79. The van der Waals surface area contributed by atoms with Crippen molar-refractivity contribution in [3.8, 4) is 11.3 Å². The zero-order valence-electron chi connectivity index (χ0n) is 21.2. The fourth-order valence-corrected chi connectivity index (χ4v) is 4.48. The van der Waals surface area contributed by atoms with Crippen LogP contribution in [0.2, 0.25) is 0 Å². The Morgan fingerprint density at radius 1 is 1.03 bits per heavy atom. The van der Waals surface area contributed by atoms with Gasteiger partial charge in [0.15, 0.2) is 0 Å². The van der Waals surface area contributed by atoms with Crippen molar-refractivity contribution in [1.82, 2.24) is 19.5 Å². The minimum atomic E-state index is -0.360. The number of carbonyl (C=O) groups excluding carboxylic acids is 1. The predicted molar refractivity (Wildman–Crippen MR) is 148 cm³/mol. The van der Waals surface area contributed by atoms with Gasteiger partial charge >= 0.3 is 0 Å². The van der Waals surface area contributed by atoms with E-state index in [-0.39, 0.29) is 12.5 Å². The first kappa shape index (κ1) is 25.2. The van der Waals surface area contributed by atoms with Crippen LogP contribution >= 0.6 is 0 Å². The summed E-state index contributed by atoms with van der Waals surface area (Å²) in [4.78, 5) is 29.2. The summed E-state index contributed by atoms with van der Waals surface area (Å²) >= 11 is 0. The van der Waals surface area contributed by atoms with Gasteiger partial charge in [-0.3, -0.25) is 4.79 Å². The fourth-order valence-electron chi connectivity index (χ4n) is 4.48. The van der Waals surface area contributed by atoms with E-state index in [1.54, 1.807) is 18.7 Å². The van der Waals surface area contributed by atoms with Crippen molar-refractivity contribution in [1.29, 1.82) is 0 Å². The molecule has 10 heteroatoms. The predicted octanol–water partition coefficient (Wildman–Crippen LogP) is 3.30. The third kappa shape index (κ3) is 6.65. The number of amides is 1. The number of aryl methyl sites for hydroxylation is 1. The standard InChI is InChI=1S/C28H32N8O2/c29-27(37)20-36(14-1-13-34-15-12-30-21-34)25-6-2-22(3-7-25)26-10-11-31-28(33-26)32-23-4-8-24(9-5-23)35-16-18-38-19-17-35/h2-12,15,21H,1,13-14,16-20H2,(H2,29,37)(H,31,32,33). The highest BCUT2D eigenvalue weighted by Gasteiger charge is 2.12. The molecule has 0 atom stereocenters. The number of hydrogen-bond acceptors (Lipinski definition) is 8. The Morgan fingerprint density at radius 2 is 1.82 bits per heavy atom. The van der Waals surface area contributed by atoms with Crippen LogP contribution in [0.5, 0.6) is 0 Å². The molecule has 0 bridgehead atoms. The van der Waals surface area contributed by atoms with E-state index >= 15 is 0 Å². The summed E-state index contributed by atoms with van der Waals surface area (Å²) in [6, 6.07) is 18.2. The second kappa shape index (κ2) is 12.2. The molecular formula is C28H32N8O2. The number of nitrogens with one attached hydrogen (secondary N) is 1. The first-order valence-corrected chi connectivity index (χ1v) is 12.8. The molecule has 0 spiro atoms. The van der Waals surface area contributed by atoms with E-state index in [1.807, 2.05) is 58.1 Å². The largest absolute Gasteiger partial charge is 0.378 e. The lowest BCUT2D eigenvalue weighted by atomic mass is 10.1. The third-order valence-electron chi connectivity index (χ3n) is 6.43. The Bertz CT molecular complexity index is 1300. The van der Waals surface area contributed by atoms with E-state index in [2.05, 4.69) is 32.3 Å². The lowest BCUT2D eigenvalue weighted by molar-refractivity contribution is -0.116. The van der Waals surface area contributed by atoms with Gasteiger partial charge in [-0.2, -0.15) is 0 Å². The van der Waals surface area contributed by atoms with E-state index in [4.69, 9.17) is 15.5 Å². The van der Waals surface area contributed by atoms with Crippen LogP contribution in [0.1, 0.15) is 6.42 Å². The van der Waals surface area contributed by atoms with Crippen LogP contribution in [0.4, 0.5) is 23.0 Å². The third-order valence-corrected chi connectivity index (χ3v) is 6.43. The number of aromatic nitrogens is 4. The van der Waals surface area contributed by atoms with Gasteiger partial charge in [-0.25, -0.2) is 15.0 Å². The molecule has 1 saturated heterocycles. The molecule has 2 aromatic heterocycles. The van der Waals surface area contributed by atoms with Gasteiger partial charge in [0.25, 0.3) is 0 Å². The van der Waals surface area contributed by atoms with Crippen molar-refractivity contribution in [3.05, 3.63) is 79.5 Å². The molecule has 3 heterocycles. The van der Waals surface area contributed by atoms with Gasteiger partial charge in [0.1, 0.15) is 0 Å². The Kier molecular flexibility index (Phi) is 8.10. The molecule has 0 saturated carbocycles. The quantitative estimate of drug-likeness (QED) is 0.315. The summed E-state index contributed by atoms with van der Waals surface area (Å²) in [6.07, 6.45) is 8.09. The Hall–Kier alpha value is -4.44. The molecule has 196 valence electrons. The molecule has 0 aliphatic carbocycles. The normalized spacial score (nSPS) is 13.3. The molecule has 1 aliphatic heterocycles. The van der Waals surface area contributed by atoms with Crippen LogP contribution in [0.25, 0.3) is 11.3 Å². The van der Waals surface area contributed by atoms with E-state index in [0.29, 0.717) is 12.5 Å². The lowest BCUT2D eigenvalue weighted by Crippen LogP contribution is -2.36. The second-order valence-electron chi connectivity index (χ2n) is 9.13. The summed E-state index contributed by atoms with van der Waals surface area (Å²) in [5, 5.41) is 3.30. The van der Waals surface area contributed by atoms with Gasteiger partial charge in [-0.15, -0.1) is 0 Å². The number of benzene rings is 2. The molecule has 4 aromatic rings. The van der Waals surface area contributed by atoms with Gasteiger partial charge in [-0.05, 0) is 48.9 Å². The number of ether oxygens (including phenoxy) is 1. The maximum absolute atomic E-state index is 11.7. The molecule has 1 amide bonds. The van der Waals surface area contributed by atoms with Crippen LogP contribution in [0, 0.1) is 0 Å². The minimum Gasteiger partial charge on any atom is -0.378 e. The SMILES string of the molecule is NC(=O)CN(CCCn1ccnc1)c1ccc(-c2ccnc(Nc3ccc(N4CCOCC4)cc3)n2)cc1. The Balaban J connectivity index is 1.23. The number of rotatable bonds is 11. The average molecular weight is 513 g/mol. The van der Waals surface area contributed by atoms with Crippen molar-refractivity contribution in [3.63, 3.8) is 0 Å². The maximum Gasteiger partial charge on any atom is 0.236 e. The van der Waals surface area contributed by atoms with Gasteiger partial charge in [-0.1, -0.05) is 12.1 Å². The van der Waals surface area contributed by atoms with Crippen LogP contribution < -0.4 is 20.9 Å². The Labute approximate surface area is 222 Å². The molecule has 38 heavy (non-hydrogen) atoms. The number of hydrogen-bond donors (Lipinski definition) is 2. The Morgan fingerprint density at radius 3 is 2.53 bits per heavy atom. The maximum atomic E-state index is 11.7. The molecule has 2 aromatic carbocycles. The number of carbonyl (C=O) groups is 1. The van der Waals surface area contributed by atoms with Crippen LogP contribution in [0.3, 0.4) is 0 Å². The van der Waals surface area contributed by atoms with Gasteiger partial charge in [0, 0.05) is 67.4 Å². The molecule has 5 rings (SSSR count). The number of imidazole rings is 1. The van der Waals surface area contributed by atoms with Crippen LogP contribution in [-0.2, 0) is 16.1 Å². The van der Waals surface area contributed by atoms with Crippen LogP contribution in [0.15, 0.2) is 79.5 Å². The molecule has 0 unspecified atom stereocenters. The second-order valence-corrected chi connectivity index (χ2v) is 9.13. The van der Waals surface area contributed by atoms with Gasteiger partial charge < -0.3 is 30.2 Å². The average Bonchev–Trinajstić information content (AvgIpc) is 3.47. The molecule has 0 radical (unpaired) electrons. The molecule has 10 nitrogen and oxygen atoms in total. The number of nitrogens with two attached hydrogens (primary N) is 1. The van der Waals surface area contributed by atoms with E-state index in [9.17, 15) is 4.79 Å². The zero-order valence-corrected chi connectivity index (χ0v) is 21.2. The molecule has 1 aliphatic rings. The first-order chi connectivity index (χ1) is 18.6. The monoisotopic (exact) mass is 512 g/mol. The number of morpholine rings is 1. The van der Waals surface area contributed by atoms with Crippen molar-refractivity contribution < 1.29 is 9.53 Å².